The minimum absolute atomic E-state index is 0.0638. The lowest BCUT2D eigenvalue weighted by atomic mass is 10.1. The summed E-state index contributed by atoms with van der Waals surface area (Å²) in [7, 11) is 5.97. The van der Waals surface area contributed by atoms with Gasteiger partial charge in [-0.2, -0.15) is 0 Å². The standard InChI is InChI=1S/C19H18N2O6/c1-21-13-8-6-5-7-12(13)16(18(21)22)20-27-19(23)11-9-14(24-2)17(26-4)15(10-11)25-3/h5-10H,1-4H3. The minimum Gasteiger partial charge on any atom is -0.493 e. The van der Waals surface area contributed by atoms with Crippen LogP contribution in [-0.2, 0) is 9.63 Å². The van der Waals surface area contributed by atoms with Crippen LogP contribution in [0.1, 0.15) is 15.9 Å². The van der Waals surface area contributed by atoms with Crippen molar-refractivity contribution in [1.29, 1.82) is 0 Å². The van der Waals surface area contributed by atoms with Crippen LogP contribution in [0.2, 0.25) is 0 Å². The van der Waals surface area contributed by atoms with Crippen LogP contribution in [0.25, 0.3) is 0 Å². The molecule has 0 bridgehead atoms. The van der Waals surface area contributed by atoms with Gasteiger partial charge in [-0.1, -0.05) is 23.4 Å². The van der Waals surface area contributed by atoms with Gasteiger partial charge in [0.15, 0.2) is 17.2 Å². The van der Waals surface area contributed by atoms with E-state index in [2.05, 4.69) is 5.16 Å². The smallest absolute Gasteiger partial charge is 0.366 e. The van der Waals surface area contributed by atoms with Crippen LogP contribution in [0, 0.1) is 0 Å². The molecule has 0 atom stereocenters. The highest BCUT2D eigenvalue weighted by molar-refractivity contribution is 6.54. The maximum absolute atomic E-state index is 12.4. The molecule has 140 valence electrons. The number of ether oxygens (including phenoxy) is 3. The van der Waals surface area contributed by atoms with Crippen molar-refractivity contribution in [3.8, 4) is 17.2 Å². The van der Waals surface area contributed by atoms with Gasteiger partial charge < -0.3 is 23.9 Å². The van der Waals surface area contributed by atoms with Crippen molar-refractivity contribution < 1.29 is 28.6 Å². The third-order valence-electron chi connectivity index (χ3n) is 4.15. The molecule has 0 saturated carbocycles. The molecular weight excluding hydrogens is 352 g/mol. The van der Waals surface area contributed by atoms with Gasteiger partial charge in [-0.15, -0.1) is 0 Å². The van der Waals surface area contributed by atoms with Crippen molar-refractivity contribution in [2.45, 2.75) is 0 Å². The molecule has 0 saturated heterocycles. The van der Waals surface area contributed by atoms with Gasteiger partial charge in [-0.3, -0.25) is 4.79 Å². The number of amides is 1. The zero-order valence-electron chi connectivity index (χ0n) is 15.3. The molecule has 1 amide bonds. The molecule has 0 fully saturated rings. The van der Waals surface area contributed by atoms with Crippen LogP contribution in [0.3, 0.4) is 0 Å². The number of hydrogen-bond donors (Lipinski definition) is 0. The lowest BCUT2D eigenvalue weighted by Crippen LogP contribution is -2.25. The van der Waals surface area contributed by atoms with Gasteiger partial charge in [0.05, 0.1) is 32.6 Å². The van der Waals surface area contributed by atoms with E-state index in [-0.39, 0.29) is 17.2 Å². The molecule has 27 heavy (non-hydrogen) atoms. The SMILES string of the molecule is COc1cc(C(=O)ON=C2C(=O)N(C)c3ccccc32)cc(OC)c1OC. The fourth-order valence-electron chi connectivity index (χ4n) is 2.78. The van der Waals surface area contributed by atoms with Gasteiger partial charge in [0.1, 0.15) is 0 Å². The number of carbonyl (C=O) groups is 2. The molecule has 1 aliphatic rings. The average molecular weight is 370 g/mol. The van der Waals surface area contributed by atoms with Gasteiger partial charge >= 0.3 is 5.97 Å². The van der Waals surface area contributed by atoms with Gasteiger partial charge in [-0.05, 0) is 18.2 Å². The Hall–Kier alpha value is -3.55. The van der Waals surface area contributed by atoms with E-state index >= 15 is 0 Å². The molecule has 0 aliphatic carbocycles. The predicted octanol–water partition coefficient (Wildman–Crippen LogP) is 2.25. The van der Waals surface area contributed by atoms with E-state index in [1.165, 1.54) is 38.4 Å². The summed E-state index contributed by atoms with van der Waals surface area (Å²) in [5, 5.41) is 3.79. The highest BCUT2D eigenvalue weighted by atomic mass is 16.7. The molecule has 2 aromatic carbocycles. The number of hydrogen-bond acceptors (Lipinski definition) is 7. The predicted molar refractivity (Wildman–Crippen MR) is 97.9 cm³/mol. The van der Waals surface area contributed by atoms with Gasteiger partial charge in [-0.25, -0.2) is 4.79 Å². The van der Waals surface area contributed by atoms with Crippen molar-refractivity contribution in [1.82, 2.24) is 0 Å². The molecule has 2 aromatic rings. The fraction of sp³-hybridized carbons (Fsp3) is 0.211. The molecular formula is C19H18N2O6. The molecule has 1 heterocycles. The normalized spacial score (nSPS) is 14.1. The number of carbonyl (C=O) groups excluding carboxylic acids is 2. The Balaban J connectivity index is 1.91. The van der Waals surface area contributed by atoms with E-state index < -0.39 is 5.97 Å². The molecule has 0 spiro atoms. The number of likely N-dealkylation sites (N-methyl/N-ethyl adjacent to an activating group) is 1. The van der Waals surface area contributed by atoms with Crippen LogP contribution in [0.5, 0.6) is 17.2 Å². The number of benzene rings is 2. The van der Waals surface area contributed by atoms with E-state index in [0.29, 0.717) is 28.5 Å². The van der Waals surface area contributed by atoms with Gasteiger partial charge in [0.25, 0.3) is 5.91 Å². The summed E-state index contributed by atoms with van der Waals surface area (Å²) in [6.45, 7) is 0. The van der Waals surface area contributed by atoms with Crippen LogP contribution in [0.15, 0.2) is 41.6 Å². The van der Waals surface area contributed by atoms with Gasteiger partial charge in [0, 0.05) is 12.6 Å². The summed E-state index contributed by atoms with van der Waals surface area (Å²) in [6.07, 6.45) is 0. The fourth-order valence-corrected chi connectivity index (χ4v) is 2.78. The number of anilines is 1. The second-order valence-electron chi connectivity index (χ2n) is 5.61. The molecule has 1 aliphatic heterocycles. The van der Waals surface area contributed by atoms with Crippen molar-refractivity contribution in [3.63, 3.8) is 0 Å². The molecule has 8 heteroatoms. The Morgan fingerprint density at radius 3 is 2.22 bits per heavy atom. The molecule has 8 nitrogen and oxygen atoms in total. The monoisotopic (exact) mass is 370 g/mol. The van der Waals surface area contributed by atoms with Crippen LogP contribution >= 0.6 is 0 Å². The van der Waals surface area contributed by atoms with E-state index in [0.717, 1.165) is 0 Å². The number of fused-ring (bicyclic) bond motifs is 1. The zero-order valence-corrected chi connectivity index (χ0v) is 15.3. The zero-order chi connectivity index (χ0) is 19.6. The van der Waals surface area contributed by atoms with Crippen molar-refractivity contribution >= 4 is 23.3 Å². The topological polar surface area (TPSA) is 86.7 Å². The number of oxime groups is 1. The molecule has 0 unspecified atom stereocenters. The lowest BCUT2D eigenvalue weighted by molar-refractivity contribution is -0.112. The molecule has 3 rings (SSSR count). The van der Waals surface area contributed by atoms with Crippen molar-refractivity contribution in [2.24, 2.45) is 5.16 Å². The Morgan fingerprint density at radius 2 is 1.63 bits per heavy atom. The number of nitrogens with zero attached hydrogens (tertiary/aromatic N) is 2. The van der Waals surface area contributed by atoms with E-state index in [9.17, 15) is 9.59 Å². The largest absolute Gasteiger partial charge is 0.493 e. The Labute approximate surface area is 155 Å². The molecule has 0 N–H and O–H groups in total. The Kier molecular flexibility index (Phi) is 4.98. The third-order valence-corrected chi connectivity index (χ3v) is 4.15. The van der Waals surface area contributed by atoms with Crippen molar-refractivity contribution in [2.75, 3.05) is 33.3 Å². The molecule has 0 aromatic heterocycles. The lowest BCUT2D eigenvalue weighted by Gasteiger charge is -2.13. The van der Waals surface area contributed by atoms with E-state index in [1.807, 2.05) is 6.07 Å². The second kappa shape index (κ2) is 7.36. The summed E-state index contributed by atoms with van der Waals surface area (Å²) < 4.78 is 15.7. The summed E-state index contributed by atoms with van der Waals surface area (Å²) >= 11 is 0. The summed E-state index contributed by atoms with van der Waals surface area (Å²) in [6, 6.07) is 10.0. The van der Waals surface area contributed by atoms with E-state index in [1.54, 1.807) is 25.2 Å². The van der Waals surface area contributed by atoms with E-state index in [4.69, 9.17) is 19.0 Å². The quantitative estimate of drug-likeness (QED) is 0.593. The summed E-state index contributed by atoms with van der Waals surface area (Å²) in [5.74, 6) is -0.156. The first-order chi connectivity index (χ1) is 13.0. The van der Waals surface area contributed by atoms with Crippen LogP contribution < -0.4 is 19.1 Å². The van der Waals surface area contributed by atoms with Crippen LogP contribution in [-0.4, -0.2) is 46.0 Å². The molecule has 0 radical (unpaired) electrons. The number of rotatable bonds is 5. The van der Waals surface area contributed by atoms with Crippen LogP contribution in [0.4, 0.5) is 5.69 Å². The van der Waals surface area contributed by atoms with Gasteiger partial charge in [0.2, 0.25) is 5.75 Å². The highest BCUT2D eigenvalue weighted by Crippen LogP contribution is 2.38. The Bertz CT molecular complexity index is 913. The number of methoxy groups -OCH3 is 3. The first-order valence-electron chi connectivity index (χ1n) is 7.98. The minimum atomic E-state index is -0.762. The second-order valence-corrected chi connectivity index (χ2v) is 5.61. The van der Waals surface area contributed by atoms with Crippen molar-refractivity contribution in [3.05, 3.63) is 47.5 Å². The summed E-state index contributed by atoms with van der Waals surface area (Å²) in [5.41, 5.74) is 1.50. The highest BCUT2D eigenvalue weighted by Gasteiger charge is 2.32. The average Bonchev–Trinajstić information content (AvgIpc) is 2.95. The number of para-hydroxylation sites is 1. The first-order valence-corrected chi connectivity index (χ1v) is 7.98. The first kappa shape index (κ1) is 18.2. The third kappa shape index (κ3) is 3.17. The maximum Gasteiger partial charge on any atom is 0.366 e. The summed E-state index contributed by atoms with van der Waals surface area (Å²) in [4.78, 5) is 31.2. The maximum atomic E-state index is 12.4. The Morgan fingerprint density at radius 1 is 1.00 bits per heavy atom.